The van der Waals surface area contributed by atoms with E-state index in [-0.39, 0.29) is 23.3 Å². The van der Waals surface area contributed by atoms with Crippen molar-refractivity contribution in [2.45, 2.75) is 24.0 Å². The van der Waals surface area contributed by atoms with E-state index in [1.807, 2.05) is 36.4 Å². The lowest BCUT2D eigenvalue weighted by molar-refractivity contribution is -0.124. The predicted molar refractivity (Wildman–Crippen MR) is 115 cm³/mol. The van der Waals surface area contributed by atoms with Crippen molar-refractivity contribution in [1.82, 2.24) is 14.9 Å². The standard InChI is InChI=1S/C23H23N3O2S/c27-21-12-14-25-23-26(21)15-19(16-29-23)22(28)24-13-11-20(17-7-3-1-4-8-17)18-9-5-2-6-10-18/h1-10,12,14,19-20H,11,13,15-16H2,(H,24,28). The van der Waals surface area contributed by atoms with E-state index >= 15 is 0 Å². The SMILES string of the molecule is O=C(NCCC(c1ccccc1)c1ccccc1)C1CSc2nccc(=O)n2C1. The number of carbonyl (C=O) groups excluding carboxylic acids is 1. The van der Waals surface area contributed by atoms with Gasteiger partial charge in [0.15, 0.2) is 5.16 Å². The first-order valence-corrected chi connectivity index (χ1v) is 10.8. The maximum atomic E-state index is 12.7. The Morgan fingerprint density at radius 2 is 1.72 bits per heavy atom. The fraction of sp³-hybridized carbons (Fsp3) is 0.261. The summed E-state index contributed by atoms with van der Waals surface area (Å²) in [7, 11) is 0. The molecule has 4 rings (SSSR count). The molecule has 1 aliphatic rings. The molecule has 0 radical (unpaired) electrons. The van der Waals surface area contributed by atoms with Crippen LogP contribution < -0.4 is 10.9 Å². The maximum absolute atomic E-state index is 12.7. The van der Waals surface area contributed by atoms with Gasteiger partial charge in [-0.1, -0.05) is 72.4 Å². The Morgan fingerprint density at radius 3 is 2.38 bits per heavy atom. The molecule has 3 aromatic rings. The van der Waals surface area contributed by atoms with Gasteiger partial charge in [-0.3, -0.25) is 14.2 Å². The Kier molecular flexibility index (Phi) is 6.10. The van der Waals surface area contributed by atoms with Crippen LogP contribution in [-0.2, 0) is 11.3 Å². The molecule has 0 fully saturated rings. The van der Waals surface area contributed by atoms with Crippen LogP contribution in [0.1, 0.15) is 23.5 Å². The summed E-state index contributed by atoms with van der Waals surface area (Å²) in [5, 5.41) is 3.77. The molecule has 0 aliphatic carbocycles. The number of nitrogens with one attached hydrogen (secondary N) is 1. The van der Waals surface area contributed by atoms with E-state index in [0.717, 1.165) is 6.42 Å². The van der Waals surface area contributed by atoms with Gasteiger partial charge in [0.2, 0.25) is 5.91 Å². The van der Waals surface area contributed by atoms with Crippen molar-refractivity contribution >= 4 is 17.7 Å². The third-order valence-corrected chi connectivity index (χ3v) is 6.38. The molecular formula is C23H23N3O2S. The van der Waals surface area contributed by atoms with Gasteiger partial charge in [0.25, 0.3) is 5.56 Å². The number of nitrogens with zero attached hydrogens (tertiary/aromatic N) is 2. The molecule has 2 heterocycles. The number of thioether (sulfide) groups is 1. The molecular weight excluding hydrogens is 382 g/mol. The fourth-order valence-electron chi connectivity index (χ4n) is 3.69. The quantitative estimate of drug-likeness (QED) is 0.639. The Morgan fingerprint density at radius 1 is 1.07 bits per heavy atom. The van der Waals surface area contributed by atoms with E-state index in [1.54, 1.807) is 4.57 Å². The van der Waals surface area contributed by atoms with Gasteiger partial charge in [0.1, 0.15) is 0 Å². The summed E-state index contributed by atoms with van der Waals surface area (Å²) in [5.74, 6) is 0.648. The molecule has 0 bridgehead atoms. The molecule has 0 saturated carbocycles. The lowest BCUT2D eigenvalue weighted by Crippen LogP contribution is -2.40. The molecule has 1 atom stereocenters. The Balaban J connectivity index is 1.40. The van der Waals surface area contributed by atoms with Crippen LogP contribution in [0.25, 0.3) is 0 Å². The number of amides is 1. The van der Waals surface area contributed by atoms with Crippen molar-refractivity contribution in [3.8, 4) is 0 Å². The van der Waals surface area contributed by atoms with Gasteiger partial charge in [-0.05, 0) is 17.5 Å². The minimum absolute atomic E-state index is 0.00113. The van der Waals surface area contributed by atoms with E-state index in [1.165, 1.54) is 35.2 Å². The van der Waals surface area contributed by atoms with Crippen LogP contribution in [0, 0.1) is 5.92 Å². The highest BCUT2D eigenvalue weighted by Crippen LogP contribution is 2.28. The monoisotopic (exact) mass is 405 g/mol. The summed E-state index contributed by atoms with van der Waals surface area (Å²) < 4.78 is 1.59. The molecule has 2 aromatic carbocycles. The van der Waals surface area contributed by atoms with E-state index in [4.69, 9.17) is 0 Å². The number of hydrogen-bond donors (Lipinski definition) is 1. The van der Waals surface area contributed by atoms with E-state index < -0.39 is 0 Å². The molecule has 1 aliphatic heterocycles. The van der Waals surface area contributed by atoms with Crippen LogP contribution in [0.4, 0.5) is 0 Å². The molecule has 0 saturated heterocycles. The van der Waals surface area contributed by atoms with Gasteiger partial charge < -0.3 is 5.32 Å². The largest absolute Gasteiger partial charge is 0.356 e. The highest BCUT2D eigenvalue weighted by atomic mass is 32.2. The van der Waals surface area contributed by atoms with Crippen LogP contribution in [0.2, 0.25) is 0 Å². The van der Waals surface area contributed by atoms with Gasteiger partial charge in [0.05, 0.1) is 5.92 Å². The summed E-state index contributed by atoms with van der Waals surface area (Å²) >= 11 is 1.46. The van der Waals surface area contributed by atoms with Crippen LogP contribution in [0.3, 0.4) is 0 Å². The van der Waals surface area contributed by atoms with Crippen molar-refractivity contribution in [3.05, 3.63) is 94.4 Å². The van der Waals surface area contributed by atoms with Gasteiger partial charge in [-0.15, -0.1) is 0 Å². The molecule has 6 heteroatoms. The van der Waals surface area contributed by atoms with Crippen LogP contribution >= 0.6 is 11.8 Å². The highest BCUT2D eigenvalue weighted by molar-refractivity contribution is 7.99. The molecule has 29 heavy (non-hydrogen) atoms. The Bertz CT molecular complexity index is 982. The molecule has 148 valence electrons. The minimum Gasteiger partial charge on any atom is -0.356 e. The third-order valence-electron chi connectivity index (χ3n) is 5.22. The molecule has 1 aromatic heterocycles. The second-order valence-electron chi connectivity index (χ2n) is 7.14. The van der Waals surface area contributed by atoms with Crippen molar-refractivity contribution in [2.75, 3.05) is 12.3 Å². The molecule has 5 nitrogen and oxygen atoms in total. The van der Waals surface area contributed by atoms with Gasteiger partial charge in [-0.25, -0.2) is 4.98 Å². The Labute approximate surface area is 174 Å². The lowest BCUT2D eigenvalue weighted by atomic mass is 9.88. The van der Waals surface area contributed by atoms with Crippen molar-refractivity contribution < 1.29 is 4.79 Å². The van der Waals surface area contributed by atoms with Crippen molar-refractivity contribution in [3.63, 3.8) is 0 Å². The molecule has 1 amide bonds. The van der Waals surface area contributed by atoms with E-state index in [2.05, 4.69) is 34.6 Å². The first kappa shape index (κ1) is 19.5. The zero-order chi connectivity index (χ0) is 20.1. The number of benzene rings is 2. The van der Waals surface area contributed by atoms with Crippen LogP contribution in [0.5, 0.6) is 0 Å². The number of rotatable bonds is 6. The highest BCUT2D eigenvalue weighted by Gasteiger charge is 2.26. The topological polar surface area (TPSA) is 64.0 Å². The summed E-state index contributed by atoms with van der Waals surface area (Å²) in [4.78, 5) is 29.0. The summed E-state index contributed by atoms with van der Waals surface area (Å²) in [6.07, 6.45) is 2.34. The van der Waals surface area contributed by atoms with E-state index in [9.17, 15) is 9.59 Å². The van der Waals surface area contributed by atoms with E-state index in [0.29, 0.717) is 24.0 Å². The average molecular weight is 406 g/mol. The number of carbonyl (C=O) groups is 1. The first-order chi connectivity index (χ1) is 14.2. The maximum Gasteiger partial charge on any atom is 0.254 e. The normalized spacial score (nSPS) is 15.7. The first-order valence-electron chi connectivity index (χ1n) is 9.78. The lowest BCUT2D eigenvalue weighted by Gasteiger charge is -2.24. The van der Waals surface area contributed by atoms with Crippen LogP contribution in [0.15, 0.2) is 82.9 Å². The van der Waals surface area contributed by atoms with Gasteiger partial charge in [0, 0.05) is 37.0 Å². The third kappa shape index (κ3) is 4.59. The minimum atomic E-state index is -0.221. The average Bonchev–Trinajstić information content (AvgIpc) is 2.78. The summed E-state index contributed by atoms with van der Waals surface area (Å²) in [6.45, 7) is 0.977. The second kappa shape index (κ2) is 9.09. The van der Waals surface area contributed by atoms with Crippen molar-refractivity contribution in [2.24, 2.45) is 5.92 Å². The zero-order valence-corrected chi connectivity index (χ0v) is 16.8. The number of aromatic nitrogens is 2. The fourth-order valence-corrected chi connectivity index (χ4v) is 4.75. The van der Waals surface area contributed by atoms with Crippen LogP contribution in [-0.4, -0.2) is 27.8 Å². The summed E-state index contributed by atoms with van der Waals surface area (Å²) in [5.41, 5.74) is 2.38. The Hall–Kier alpha value is -2.86. The molecule has 1 unspecified atom stereocenters. The van der Waals surface area contributed by atoms with Gasteiger partial charge >= 0.3 is 0 Å². The number of hydrogen-bond acceptors (Lipinski definition) is 4. The van der Waals surface area contributed by atoms with Gasteiger partial charge in [-0.2, -0.15) is 0 Å². The zero-order valence-electron chi connectivity index (χ0n) is 16.0. The molecule has 0 spiro atoms. The smallest absolute Gasteiger partial charge is 0.254 e. The summed E-state index contributed by atoms with van der Waals surface area (Å²) in [6, 6.07) is 22.2. The number of fused-ring (bicyclic) bond motifs is 1. The molecule has 1 N–H and O–H groups in total. The van der Waals surface area contributed by atoms with Crippen molar-refractivity contribution in [1.29, 1.82) is 0 Å². The second-order valence-corrected chi connectivity index (χ2v) is 8.12. The predicted octanol–water partition coefficient (Wildman–Crippen LogP) is 3.30.